The molecule has 5 heteroatoms. The first-order valence-corrected chi connectivity index (χ1v) is 4.36. The number of carboxylic acid groups (broad SMARTS) is 1. The number of aromatic carboxylic acids is 1. The van der Waals surface area contributed by atoms with E-state index in [1.54, 1.807) is 0 Å². The molecular formula is C10H9FO4. The Kier molecular flexibility index (Phi) is 2.21. The third-order valence-corrected chi connectivity index (χ3v) is 2.42. The third-order valence-electron chi connectivity index (χ3n) is 2.42. The summed E-state index contributed by atoms with van der Waals surface area (Å²) in [6.45, 7) is 0.220. The molecule has 80 valence electrons. The largest absolute Gasteiger partial charge is 0.478 e. The summed E-state index contributed by atoms with van der Waals surface area (Å²) < 4.78 is 18.1. The predicted octanol–water partition coefficient (Wildman–Crippen LogP) is 0.742. The lowest BCUT2D eigenvalue weighted by molar-refractivity contribution is -0.184. The second-order valence-corrected chi connectivity index (χ2v) is 3.52. The number of benzene rings is 1. The van der Waals surface area contributed by atoms with Crippen LogP contribution in [0.5, 0.6) is 0 Å². The molecule has 1 aromatic rings. The number of aliphatic hydroxyl groups is 1. The molecule has 2 rings (SSSR count). The van der Waals surface area contributed by atoms with E-state index in [1.807, 2.05) is 0 Å². The van der Waals surface area contributed by atoms with Gasteiger partial charge < -0.3 is 14.9 Å². The van der Waals surface area contributed by atoms with Crippen molar-refractivity contribution in [1.82, 2.24) is 0 Å². The smallest absolute Gasteiger partial charge is 0.338 e. The maximum Gasteiger partial charge on any atom is 0.338 e. The molecule has 1 aromatic carbocycles. The average molecular weight is 212 g/mol. The van der Waals surface area contributed by atoms with Crippen LogP contribution in [0.25, 0.3) is 0 Å². The number of halogens is 1. The van der Waals surface area contributed by atoms with Crippen molar-refractivity contribution < 1.29 is 24.1 Å². The van der Waals surface area contributed by atoms with E-state index < -0.39 is 23.0 Å². The molecular weight excluding hydrogens is 203 g/mol. The zero-order valence-electron chi connectivity index (χ0n) is 7.74. The molecule has 0 aromatic heterocycles. The van der Waals surface area contributed by atoms with Crippen molar-refractivity contribution in [2.24, 2.45) is 0 Å². The van der Waals surface area contributed by atoms with E-state index in [0.717, 1.165) is 12.1 Å². The molecule has 0 atom stereocenters. The number of hydrogen-bond donors (Lipinski definition) is 2. The monoisotopic (exact) mass is 212 g/mol. The van der Waals surface area contributed by atoms with E-state index in [1.165, 1.54) is 6.07 Å². The number of ether oxygens (including phenoxy) is 1. The van der Waals surface area contributed by atoms with E-state index in [-0.39, 0.29) is 13.2 Å². The van der Waals surface area contributed by atoms with Crippen molar-refractivity contribution >= 4 is 5.97 Å². The summed E-state index contributed by atoms with van der Waals surface area (Å²) in [5, 5.41) is 18.4. The highest BCUT2D eigenvalue weighted by atomic mass is 19.1. The Morgan fingerprint density at radius 1 is 1.47 bits per heavy atom. The molecule has 1 saturated heterocycles. The van der Waals surface area contributed by atoms with E-state index in [4.69, 9.17) is 9.84 Å². The van der Waals surface area contributed by atoms with Crippen LogP contribution in [-0.2, 0) is 10.3 Å². The standard InChI is InChI=1S/C10H9FO4/c11-8-3-6(10(14)4-15-5-10)1-2-7(8)9(12)13/h1-3,14H,4-5H2,(H,12,13). The summed E-state index contributed by atoms with van der Waals surface area (Å²) in [5.74, 6) is -2.17. The number of rotatable bonds is 2. The summed E-state index contributed by atoms with van der Waals surface area (Å²) in [7, 11) is 0. The van der Waals surface area contributed by atoms with Crippen molar-refractivity contribution in [3.05, 3.63) is 35.1 Å². The molecule has 0 radical (unpaired) electrons. The molecule has 1 aliphatic rings. The highest BCUT2D eigenvalue weighted by Gasteiger charge is 2.38. The van der Waals surface area contributed by atoms with Crippen molar-refractivity contribution in [2.75, 3.05) is 13.2 Å². The summed E-state index contributed by atoms with van der Waals surface area (Å²) in [5.41, 5.74) is -1.23. The Hall–Kier alpha value is -1.46. The van der Waals surface area contributed by atoms with Crippen LogP contribution in [-0.4, -0.2) is 29.4 Å². The zero-order valence-corrected chi connectivity index (χ0v) is 7.74. The van der Waals surface area contributed by atoms with Gasteiger partial charge in [-0.3, -0.25) is 0 Å². The van der Waals surface area contributed by atoms with Crippen LogP contribution in [0.15, 0.2) is 18.2 Å². The maximum absolute atomic E-state index is 13.3. The Labute approximate surface area is 84.9 Å². The maximum atomic E-state index is 13.3. The van der Waals surface area contributed by atoms with E-state index in [0.29, 0.717) is 5.56 Å². The molecule has 0 bridgehead atoms. The fraction of sp³-hybridized carbons (Fsp3) is 0.300. The molecule has 0 unspecified atom stereocenters. The second kappa shape index (κ2) is 3.29. The SMILES string of the molecule is O=C(O)c1ccc(C2(O)COC2)cc1F. The zero-order chi connectivity index (χ0) is 11.1. The normalized spacial score (nSPS) is 18.3. The highest BCUT2D eigenvalue weighted by Crippen LogP contribution is 2.30. The Morgan fingerprint density at radius 2 is 2.13 bits per heavy atom. The molecule has 0 aliphatic carbocycles. The third kappa shape index (κ3) is 1.60. The van der Waals surface area contributed by atoms with Gasteiger partial charge in [-0.25, -0.2) is 9.18 Å². The first kappa shape index (κ1) is 10.1. The van der Waals surface area contributed by atoms with E-state index >= 15 is 0 Å². The first-order chi connectivity index (χ1) is 7.03. The number of hydrogen-bond acceptors (Lipinski definition) is 3. The summed E-state index contributed by atoms with van der Waals surface area (Å²) in [6.07, 6.45) is 0. The molecule has 4 nitrogen and oxygen atoms in total. The molecule has 1 aliphatic heterocycles. The molecule has 0 spiro atoms. The van der Waals surface area contributed by atoms with Gasteiger partial charge in [0.2, 0.25) is 0 Å². The van der Waals surface area contributed by atoms with Crippen LogP contribution in [0.2, 0.25) is 0 Å². The Morgan fingerprint density at radius 3 is 2.53 bits per heavy atom. The van der Waals surface area contributed by atoms with Gasteiger partial charge in [-0.05, 0) is 17.7 Å². The van der Waals surface area contributed by atoms with Gasteiger partial charge in [-0.1, -0.05) is 6.07 Å². The van der Waals surface area contributed by atoms with E-state index in [2.05, 4.69) is 0 Å². The van der Waals surface area contributed by atoms with Gasteiger partial charge in [0.25, 0.3) is 0 Å². The fourth-order valence-electron chi connectivity index (χ4n) is 1.44. The van der Waals surface area contributed by atoms with Crippen molar-refractivity contribution in [2.45, 2.75) is 5.60 Å². The predicted molar refractivity (Wildman–Crippen MR) is 48.1 cm³/mol. The summed E-state index contributed by atoms with van der Waals surface area (Å²) >= 11 is 0. The van der Waals surface area contributed by atoms with Crippen LogP contribution in [0.3, 0.4) is 0 Å². The van der Waals surface area contributed by atoms with Crippen LogP contribution < -0.4 is 0 Å². The number of carbonyl (C=O) groups is 1. The first-order valence-electron chi connectivity index (χ1n) is 4.36. The molecule has 1 fully saturated rings. The molecule has 2 N–H and O–H groups in total. The van der Waals surface area contributed by atoms with E-state index in [9.17, 15) is 14.3 Å². The van der Waals surface area contributed by atoms with Gasteiger partial charge in [0, 0.05) is 0 Å². The average Bonchev–Trinajstić information content (AvgIpc) is 2.13. The van der Waals surface area contributed by atoms with Crippen molar-refractivity contribution in [3.63, 3.8) is 0 Å². The molecule has 0 amide bonds. The van der Waals surface area contributed by atoms with Crippen molar-refractivity contribution in [3.8, 4) is 0 Å². The van der Waals surface area contributed by atoms with Gasteiger partial charge in [0.15, 0.2) is 0 Å². The minimum atomic E-state index is -1.32. The lowest BCUT2D eigenvalue weighted by atomic mass is 9.91. The van der Waals surface area contributed by atoms with Gasteiger partial charge in [-0.2, -0.15) is 0 Å². The van der Waals surface area contributed by atoms with Gasteiger partial charge in [0.1, 0.15) is 11.4 Å². The topological polar surface area (TPSA) is 66.8 Å². The lowest BCUT2D eigenvalue weighted by Crippen LogP contribution is -2.46. The van der Waals surface area contributed by atoms with Crippen LogP contribution >= 0.6 is 0 Å². The van der Waals surface area contributed by atoms with Gasteiger partial charge in [0.05, 0.1) is 18.8 Å². The van der Waals surface area contributed by atoms with Gasteiger partial charge in [-0.15, -0.1) is 0 Å². The highest BCUT2D eigenvalue weighted by molar-refractivity contribution is 5.87. The van der Waals surface area contributed by atoms with Crippen LogP contribution in [0.1, 0.15) is 15.9 Å². The fourth-order valence-corrected chi connectivity index (χ4v) is 1.44. The lowest BCUT2D eigenvalue weighted by Gasteiger charge is -2.36. The quantitative estimate of drug-likeness (QED) is 0.758. The Balaban J connectivity index is 2.37. The van der Waals surface area contributed by atoms with Gasteiger partial charge >= 0.3 is 5.97 Å². The summed E-state index contributed by atoms with van der Waals surface area (Å²) in [6, 6.07) is 3.57. The molecule has 15 heavy (non-hydrogen) atoms. The minimum absolute atomic E-state index is 0.110. The second-order valence-electron chi connectivity index (χ2n) is 3.52. The van der Waals surface area contributed by atoms with Crippen LogP contribution in [0, 0.1) is 5.82 Å². The molecule has 1 heterocycles. The minimum Gasteiger partial charge on any atom is -0.478 e. The Bertz CT molecular complexity index is 412. The number of carboxylic acids is 1. The molecule has 0 saturated carbocycles. The summed E-state index contributed by atoms with van der Waals surface area (Å²) in [4.78, 5) is 10.5. The van der Waals surface area contributed by atoms with Crippen molar-refractivity contribution in [1.29, 1.82) is 0 Å². The van der Waals surface area contributed by atoms with Crippen LogP contribution in [0.4, 0.5) is 4.39 Å².